The highest BCUT2D eigenvalue weighted by Crippen LogP contribution is 2.31. The Labute approximate surface area is 184 Å². The summed E-state index contributed by atoms with van der Waals surface area (Å²) in [6, 6.07) is 14.1. The number of hydrogen-bond acceptors (Lipinski definition) is 7. The molecule has 2 aromatic carbocycles. The van der Waals surface area contributed by atoms with Gasteiger partial charge in [0.15, 0.2) is 5.65 Å². The number of para-hydroxylation sites is 2. The number of pyridine rings is 1. The zero-order chi connectivity index (χ0) is 22.7. The fraction of sp³-hybridized carbons (Fsp3) is 0.125. The average Bonchev–Trinajstić information content (AvgIpc) is 2.83. The van der Waals surface area contributed by atoms with E-state index in [1.165, 1.54) is 17.7 Å². The summed E-state index contributed by atoms with van der Waals surface area (Å²) in [6.45, 7) is 3.82. The molecule has 32 heavy (non-hydrogen) atoms. The Morgan fingerprint density at radius 3 is 2.50 bits per heavy atom. The zero-order valence-corrected chi connectivity index (χ0v) is 18.0. The fourth-order valence-electron chi connectivity index (χ4n) is 3.43. The minimum Gasteiger partial charge on any atom is -0.497 e. The highest BCUT2D eigenvalue weighted by Gasteiger charge is 2.16. The number of ether oxygens (including phenoxy) is 3. The Kier molecular flexibility index (Phi) is 5.76. The molecule has 4 rings (SSSR count). The minimum atomic E-state index is -0.280. The highest BCUT2D eigenvalue weighted by atomic mass is 16.5. The van der Waals surface area contributed by atoms with Gasteiger partial charge in [0, 0.05) is 23.7 Å². The van der Waals surface area contributed by atoms with Gasteiger partial charge >= 0.3 is 0 Å². The summed E-state index contributed by atoms with van der Waals surface area (Å²) in [4.78, 5) is 22.2. The highest BCUT2D eigenvalue weighted by molar-refractivity contribution is 5.87. The molecule has 2 aromatic heterocycles. The molecule has 0 radical (unpaired) electrons. The zero-order valence-electron chi connectivity index (χ0n) is 18.0. The van der Waals surface area contributed by atoms with Crippen LogP contribution in [0.25, 0.3) is 22.8 Å². The van der Waals surface area contributed by atoms with Crippen LogP contribution >= 0.6 is 0 Å². The second-order valence-electron chi connectivity index (χ2n) is 6.77. The summed E-state index contributed by atoms with van der Waals surface area (Å²) in [5.41, 5.74) is 1.99. The van der Waals surface area contributed by atoms with Crippen LogP contribution in [0.1, 0.15) is 5.56 Å². The van der Waals surface area contributed by atoms with E-state index in [9.17, 15) is 4.79 Å². The molecule has 2 heterocycles. The van der Waals surface area contributed by atoms with Gasteiger partial charge in [-0.15, -0.1) is 0 Å². The van der Waals surface area contributed by atoms with Crippen LogP contribution in [0.4, 0.5) is 11.6 Å². The molecule has 8 heteroatoms. The van der Waals surface area contributed by atoms with E-state index in [-0.39, 0.29) is 5.56 Å². The number of nitrogens with zero attached hydrogens (tertiary/aromatic N) is 3. The quantitative estimate of drug-likeness (QED) is 0.470. The van der Waals surface area contributed by atoms with Gasteiger partial charge in [-0.1, -0.05) is 24.8 Å². The number of anilines is 2. The lowest BCUT2D eigenvalue weighted by molar-refractivity contribution is 0.393. The minimum absolute atomic E-state index is 0.280. The first-order valence-corrected chi connectivity index (χ1v) is 9.77. The third-order valence-corrected chi connectivity index (χ3v) is 4.99. The van der Waals surface area contributed by atoms with E-state index in [1.807, 2.05) is 24.3 Å². The van der Waals surface area contributed by atoms with E-state index in [0.717, 1.165) is 0 Å². The normalized spacial score (nSPS) is 10.6. The van der Waals surface area contributed by atoms with E-state index in [0.29, 0.717) is 51.2 Å². The number of hydrogen-bond donors (Lipinski definition) is 1. The molecule has 0 saturated carbocycles. The summed E-state index contributed by atoms with van der Waals surface area (Å²) in [5, 5.41) is 3.83. The number of methoxy groups -OCH3 is 3. The Bertz CT molecular complexity index is 1360. The van der Waals surface area contributed by atoms with E-state index in [4.69, 9.17) is 14.2 Å². The van der Waals surface area contributed by atoms with Gasteiger partial charge < -0.3 is 19.5 Å². The SMILES string of the molecule is C=Cc1cc(=O)n(-c2ccc(OC)cc2OC)c2nc(Nc3ccccc3OC)ncc12. The third-order valence-electron chi connectivity index (χ3n) is 4.99. The molecule has 0 amide bonds. The van der Waals surface area contributed by atoms with Gasteiger partial charge in [0.25, 0.3) is 5.56 Å². The van der Waals surface area contributed by atoms with Crippen LogP contribution < -0.4 is 25.1 Å². The predicted octanol–water partition coefficient (Wildman–Crippen LogP) is 4.19. The molecule has 0 aliphatic carbocycles. The van der Waals surface area contributed by atoms with Crippen molar-refractivity contribution in [2.45, 2.75) is 0 Å². The maximum absolute atomic E-state index is 13.1. The van der Waals surface area contributed by atoms with Gasteiger partial charge in [-0.05, 0) is 29.8 Å². The lowest BCUT2D eigenvalue weighted by atomic mass is 10.1. The van der Waals surface area contributed by atoms with Crippen molar-refractivity contribution in [2.24, 2.45) is 0 Å². The molecule has 0 saturated heterocycles. The molecule has 0 unspecified atom stereocenters. The summed E-state index contributed by atoms with van der Waals surface area (Å²) in [5.74, 6) is 2.03. The van der Waals surface area contributed by atoms with Crippen molar-refractivity contribution in [3.63, 3.8) is 0 Å². The second kappa shape index (κ2) is 8.81. The number of benzene rings is 2. The van der Waals surface area contributed by atoms with Crippen molar-refractivity contribution < 1.29 is 14.2 Å². The van der Waals surface area contributed by atoms with Crippen LogP contribution in [0.5, 0.6) is 17.2 Å². The first-order valence-electron chi connectivity index (χ1n) is 9.77. The van der Waals surface area contributed by atoms with E-state index >= 15 is 0 Å². The van der Waals surface area contributed by atoms with Gasteiger partial charge in [0.05, 0.1) is 32.7 Å². The Balaban J connectivity index is 1.95. The standard InChI is InChI=1S/C24H22N4O4/c1-5-15-12-22(29)28(19-11-10-16(30-2)13-21(19)32-4)23-17(15)14-25-24(27-23)26-18-8-6-7-9-20(18)31-3/h5-14H,1H2,2-4H3,(H,25,26,27). The van der Waals surface area contributed by atoms with Crippen molar-refractivity contribution >= 4 is 28.7 Å². The molecule has 0 spiro atoms. The summed E-state index contributed by atoms with van der Waals surface area (Å²) in [7, 11) is 4.69. The molecule has 0 bridgehead atoms. The smallest absolute Gasteiger partial charge is 0.257 e. The Morgan fingerprint density at radius 1 is 1.00 bits per heavy atom. The molecule has 1 N–H and O–H groups in total. The van der Waals surface area contributed by atoms with Gasteiger partial charge in [0.2, 0.25) is 5.95 Å². The molecule has 0 atom stereocenters. The van der Waals surface area contributed by atoms with Crippen molar-refractivity contribution in [3.8, 4) is 22.9 Å². The van der Waals surface area contributed by atoms with Crippen LogP contribution in [0.15, 0.2) is 66.1 Å². The fourth-order valence-corrected chi connectivity index (χ4v) is 3.43. The van der Waals surface area contributed by atoms with E-state index in [2.05, 4.69) is 21.9 Å². The van der Waals surface area contributed by atoms with Crippen LogP contribution in [0.3, 0.4) is 0 Å². The van der Waals surface area contributed by atoms with Crippen molar-refractivity contribution in [1.29, 1.82) is 0 Å². The van der Waals surface area contributed by atoms with Gasteiger partial charge in [0.1, 0.15) is 17.2 Å². The Hall–Kier alpha value is -4.33. The van der Waals surface area contributed by atoms with Crippen LogP contribution in [0.2, 0.25) is 0 Å². The van der Waals surface area contributed by atoms with E-state index < -0.39 is 0 Å². The molecule has 162 valence electrons. The van der Waals surface area contributed by atoms with Crippen molar-refractivity contribution in [1.82, 2.24) is 14.5 Å². The maximum Gasteiger partial charge on any atom is 0.257 e. The molecular weight excluding hydrogens is 408 g/mol. The van der Waals surface area contributed by atoms with Crippen molar-refractivity contribution in [3.05, 3.63) is 77.2 Å². The second-order valence-corrected chi connectivity index (χ2v) is 6.77. The maximum atomic E-state index is 13.1. The average molecular weight is 430 g/mol. The summed E-state index contributed by atoms with van der Waals surface area (Å²) >= 11 is 0. The first-order chi connectivity index (χ1) is 15.6. The lowest BCUT2D eigenvalue weighted by Gasteiger charge is -2.16. The van der Waals surface area contributed by atoms with Gasteiger partial charge in [-0.2, -0.15) is 4.98 Å². The molecule has 0 aliphatic rings. The Morgan fingerprint density at radius 2 is 1.78 bits per heavy atom. The van der Waals surface area contributed by atoms with E-state index in [1.54, 1.807) is 44.7 Å². The van der Waals surface area contributed by atoms with Crippen molar-refractivity contribution in [2.75, 3.05) is 26.6 Å². The summed E-state index contributed by atoms with van der Waals surface area (Å²) < 4.78 is 17.7. The number of fused-ring (bicyclic) bond motifs is 1. The monoisotopic (exact) mass is 430 g/mol. The molecular formula is C24H22N4O4. The molecule has 8 nitrogen and oxygen atoms in total. The number of aromatic nitrogens is 3. The summed E-state index contributed by atoms with van der Waals surface area (Å²) in [6.07, 6.45) is 3.26. The molecule has 0 fully saturated rings. The third kappa shape index (κ3) is 3.74. The number of rotatable bonds is 7. The lowest BCUT2D eigenvalue weighted by Crippen LogP contribution is -2.20. The van der Waals surface area contributed by atoms with Crippen LogP contribution in [-0.2, 0) is 0 Å². The van der Waals surface area contributed by atoms with Gasteiger partial charge in [-0.3, -0.25) is 9.36 Å². The molecule has 0 aliphatic heterocycles. The first kappa shape index (κ1) is 20.9. The van der Waals surface area contributed by atoms with Gasteiger partial charge in [-0.25, -0.2) is 4.98 Å². The number of nitrogens with one attached hydrogen (secondary N) is 1. The largest absolute Gasteiger partial charge is 0.497 e. The topological polar surface area (TPSA) is 87.5 Å². The molecule has 4 aromatic rings. The predicted molar refractivity (Wildman–Crippen MR) is 125 cm³/mol. The van der Waals surface area contributed by atoms with Crippen LogP contribution in [-0.4, -0.2) is 35.9 Å². The van der Waals surface area contributed by atoms with Crippen LogP contribution in [0, 0.1) is 0 Å².